The quantitative estimate of drug-likeness (QED) is 0.790. The fraction of sp³-hybridized carbons (Fsp3) is 0.118. The topological polar surface area (TPSA) is 113 Å². The molecule has 1 aliphatic rings. The lowest BCUT2D eigenvalue weighted by molar-refractivity contribution is 0.0693. The largest absolute Gasteiger partial charge is 0.322 e. The predicted octanol–water partition coefficient (Wildman–Crippen LogP) is 1.54. The van der Waals surface area contributed by atoms with E-state index in [9.17, 15) is 22.8 Å². The zero-order chi connectivity index (χ0) is 19.1. The Morgan fingerprint density at radius 1 is 0.962 bits per heavy atom. The molecule has 2 aromatic carbocycles. The van der Waals surface area contributed by atoms with Crippen molar-refractivity contribution in [3.05, 3.63) is 59.2 Å². The van der Waals surface area contributed by atoms with Gasteiger partial charge >= 0.3 is 0 Å². The van der Waals surface area contributed by atoms with Crippen molar-refractivity contribution in [2.45, 2.75) is 0 Å². The molecule has 2 N–H and O–H groups in total. The summed E-state index contributed by atoms with van der Waals surface area (Å²) in [4.78, 5) is 37.3. The molecule has 0 spiro atoms. The number of hydrogen-bond acceptors (Lipinski definition) is 5. The first-order chi connectivity index (χ1) is 12.2. The van der Waals surface area contributed by atoms with Crippen molar-refractivity contribution in [1.82, 2.24) is 4.90 Å². The van der Waals surface area contributed by atoms with Gasteiger partial charge in [-0.25, -0.2) is 8.42 Å². The molecule has 0 saturated carbocycles. The van der Waals surface area contributed by atoms with Gasteiger partial charge in [-0.2, -0.15) is 0 Å². The minimum Gasteiger partial charge on any atom is -0.322 e. The third kappa shape index (κ3) is 3.42. The average Bonchev–Trinajstić information content (AvgIpc) is 2.78. The van der Waals surface area contributed by atoms with Crippen LogP contribution >= 0.6 is 0 Å². The molecule has 9 heteroatoms. The Hall–Kier alpha value is -3.20. The molecule has 8 nitrogen and oxygen atoms in total. The Balaban J connectivity index is 1.83. The summed E-state index contributed by atoms with van der Waals surface area (Å²) < 4.78 is 24.9. The van der Waals surface area contributed by atoms with Crippen molar-refractivity contribution in [3.63, 3.8) is 0 Å². The lowest BCUT2D eigenvalue weighted by atomic mass is 10.1. The van der Waals surface area contributed by atoms with Gasteiger partial charge in [0, 0.05) is 18.3 Å². The van der Waals surface area contributed by atoms with Crippen LogP contribution in [0.15, 0.2) is 42.5 Å². The first-order valence-electron chi connectivity index (χ1n) is 7.51. The molecule has 3 amide bonds. The van der Waals surface area contributed by atoms with Crippen LogP contribution in [0, 0.1) is 0 Å². The van der Waals surface area contributed by atoms with Gasteiger partial charge in [0.1, 0.15) is 0 Å². The number of fused-ring (bicyclic) bond motifs is 1. The van der Waals surface area contributed by atoms with Crippen LogP contribution in [0.5, 0.6) is 0 Å². The number of amides is 3. The molecule has 0 radical (unpaired) electrons. The van der Waals surface area contributed by atoms with Gasteiger partial charge in [-0.1, -0.05) is 6.07 Å². The molecule has 0 fully saturated rings. The van der Waals surface area contributed by atoms with Gasteiger partial charge in [-0.3, -0.25) is 24.0 Å². The number of nitrogens with one attached hydrogen (secondary N) is 2. The Kier molecular flexibility index (Phi) is 4.25. The van der Waals surface area contributed by atoms with E-state index in [2.05, 4.69) is 10.0 Å². The monoisotopic (exact) mass is 373 g/mol. The van der Waals surface area contributed by atoms with Crippen molar-refractivity contribution in [3.8, 4) is 0 Å². The fourth-order valence-corrected chi connectivity index (χ4v) is 3.14. The highest BCUT2D eigenvalue weighted by Crippen LogP contribution is 2.23. The van der Waals surface area contributed by atoms with Crippen molar-refractivity contribution >= 4 is 39.1 Å². The normalized spacial score (nSPS) is 13.5. The van der Waals surface area contributed by atoms with Gasteiger partial charge in [0.05, 0.1) is 23.1 Å². The second kappa shape index (κ2) is 6.26. The van der Waals surface area contributed by atoms with Crippen LogP contribution in [0.2, 0.25) is 0 Å². The summed E-state index contributed by atoms with van der Waals surface area (Å²) in [5, 5.41) is 2.63. The van der Waals surface area contributed by atoms with E-state index in [4.69, 9.17) is 0 Å². The van der Waals surface area contributed by atoms with Crippen LogP contribution in [0.3, 0.4) is 0 Å². The van der Waals surface area contributed by atoms with E-state index in [0.717, 1.165) is 11.2 Å². The number of carbonyl (C=O) groups excluding carboxylic acids is 3. The Morgan fingerprint density at radius 2 is 1.62 bits per heavy atom. The van der Waals surface area contributed by atoms with Crippen LogP contribution in [-0.4, -0.2) is 44.3 Å². The average molecular weight is 373 g/mol. The van der Waals surface area contributed by atoms with Gasteiger partial charge in [-0.15, -0.1) is 0 Å². The summed E-state index contributed by atoms with van der Waals surface area (Å²) in [6.45, 7) is 0. The lowest BCUT2D eigenvalue weighted by Crippen LogP contribution is -2.24. The van der Waals surface area contributed by atoms with Gasteiger partial charge in [0.2, 0.25) is 10.0 Å². The molecule has 2 aromatic rings. The molecule has 26 heavy (non-hydrogen) atoms. The molecule has 0 atom stereocenters. The third-order valence-corrected chi connectivity index (χ3v) is 4.38. The van der Waals surface area contributed by atoms with Crippen molar-refractivity contribution in [2.24, 2.45) is 0 Å². The second-order valence-electron chi connectivity index (χ2n) is 5.84. The van der Waals surface area contributed by atoms with Crippen molar-refractivity contribution in [2.75, 3.05) is 23.3 Å². The Labute approximate surface area is 149 Å². The summed E-state index contributed by atoms with van der Waals surface area (Å²) >= 11 is 0. The molecule has 0 aliphatic carbocycles. The van der Waals surface area contributed by atoms with Crippen molar-refractivity contribution in [1.29, 1.82) is 0 Å². The number of sulfonamides is 1. The predicted molar refractivity (Wildman–Crippen MR) is 95.7 cm³/mol. The Bertz CT molecular complexity index is 1050. The number of hydrogen-bond donors (Lipinski definition) is 2. The maximum atomic E-state index is 12.4. The first kappa shape index (κ1) is 17.6. The zero-order valence-corrected chi connectivity index (χ0v) is 14.8. The molecule has 3 rings (SSSR count). The molecule has 0 aromatic heterocycles. The summed E-state index contributed by atoms with van der Waals surface area (Å²) in [6.07, 6.45) is 1.03. The van der Waals surface area contributed by atoms with E-state index in [1.165, 1.54) is 31.3 Å². The number of anilines is 2. The van der Waals surface area contributed by atoms with E-state index in [1.54, 1.807) is 18.2 Å². The summed E-state index contributed by atoms with van der Waals surface area (Å²) in [5.41, 5.74) is 1.33. The smallest absolute Gasteiger partial charge is 0.261 e. The number of benzene rings is 2. The molecule has 134 valence electrons. The molecular weight excluding hydrogens is 358 g/mol. The van der Waals surface area contributed by atoms with Crippen LogP contribution in [0.1, 0.15) is 31.1 Å². The highest BCUT2D eigenvalue weighted by Gasteiger charge is 2.33. The van der Waals surface area contributed by atoms with Gasteiger partial charge in [0.25, 0.3) is 17.7 Å². The molecule has 0 saturated heterocycles. The lowest BCUT2D eigenvalue weighted by Gasteiger charge is -2.09. The van der Waals surface area contributed by atoms with E-state index < -0.39 is 27.7 Å². The number of carbonyl (C=O) groups is 3. The van der Waals surface area contributed by atoms with Crippen molar-refractivity contribution < 1.29 is 22.8 Å². The Morgan fingerprint density at radius 3 is 2.31 bits per heavy atom. The zero-order valence-electron chi connectivity index (χ0n) is 13.9. The van der Waals surface area contributed by atoms with E-state index in [-0.39, 0.29) is 16.7 Å². The maximum Gasteiger partial charge on any atom is 0.261 e. The van der Waals surface area contributed by atoms with E-state index >= 15 is 0 Å². The van der Waals surface area contributed by atoms with Crippen LogP contribution in [-0.2, 0) is 10.0 Å². The van der Waals surface area contributed by atoms with Gasteiger partial charge in [-0.05, 0) is 36.4 Å². The minimum atomic E-state index is -3.43. The van der Waals surface area contributed by atoms with Gasteiger partial charge < -0.3 is 5.32 Å². The van der Waals surface area contributed by atoms with Crippen LogP contribution < -0.4 is 10.0 Å². The van der Waals surface area contributed by atoms with E-state index in [1.807, 2.05) is 0 Å². The molecule has 0 bridgehead atoms. The molecule has 1 heterocycles. The summed E-state index contributed by atoms with van der Waals surface area (Å²) in [5.74, 6) is -1.35. The second-order valence-corrected chi connectivity index (χ2v) is 7.59. The first-order valence-corrected chi connectivity index (χ1v) is 9.40. The maximum absolute atomic E-state index is 12.4. The summed E-state index contributed by atoms with van der Waals surface area (Å²) in [7, 11) is -2.06. The standard InChI is InChI=1S/C17H15N3O5S/c1-20-16(22)13-7-6-10(8-14(13)17(20)23)15(21)18-11-4-3-5-12(9-11)19-26(2,24)25/h3-9,19H,1-2H3,(H,18,21). The minimum absolute atomic E-state index is 0.178. The highest BCUT2D eigenvalue weighted by atomic mass is 32.2. The molecular formula is C17H15N3O5S. The number of rotatable bonds is 4. The fourth-order valence-electron chi connectivity index (χ4n) is 2.58. The number of imide groups is 1. The van der Waals surface area contributed by atoms with Gasteiger partial charge in [0.15, 0.2) is 0 Å². The molecule has 1 aliphatic heterocycles. The van der Waals surface area contributed by atoms with E-state index in [0.29, 0.717) is 11.4 Å². The van der Waals surface area contributed by atoms with Crippen LogP contribution in [0.25, 0.3) is 0 Å². The van der Waals surface area contributed by atoms with Crippen LogP contribution in [0.4, 0.5) is 11.4 Å². The highest BCUT2D eigenvalue weighted by molar-refractivity contribution is 7.92. The SMILES string of the molecule is CN1C(=O)c2ccc(C(=O)Nc3cccc(NS(C)(=O)=O)c3)cc2C1=O. The number of nitrogens with zero attached hydrogens (tertiary/aromatic N) is 1. The summed E-state index contributed by atoms with van der Waals surface area (Å²) in [6, 6.07) is 10.5. The third-order valence-electron chi connectivity index (χ3n) is 3.78. The molecule has 0 unspecified atom stereocenters.